The van der Waals surface area contributed by atoms with Gasteiger partial charge in [0.05, 0.1) is 0 Å². The highest BCUT2D eigenvalue weighted by atomic mass is 35.5. The van der Waals surface area contributed by atoms with Gasteiger partial charge in [0.15, 0.2) is 4.47 Å². The van der Waals surface area contributed by atoms with Crippen molar-refractivity contribution in [3.63, 3.8) is 0 Å². The van der Waals surface area contributed by atoms with Gasteiger partial charge in [-0.1, -0.05) is 31.4 Å². The second-order valence-electron chi connectivity index (χ2n) is 4.92. The molecule has 1 aliphatic carbocycles. The van der Waals surface area contributed by atoms with Crippen LogP contribution in [-0.4, -0.2) is 23.0 Å². The first kappa shape index (κ1) is 12.3. The van der Waals surface area contributed by atoms with Gasteiger partial charge in [0.2, 0.25) is 0 Å². The highest BCUT2D eigenvalue weighted by Crippen LogP contribution is 2.28. The molecule has 0 radical (unpaired) electrons. The largest absolute Gasteiger partial charge is 0.298 e. The molecule has 1 aliphatic rings. The molecule has 1 fully saturated rings. The summed E-state index contributed by atoms with van der Waals surface area (Å²) in [6.07, 6.45) is 7.35. The van der Waals surface area contributed by atoms with Crippen LogP contribution in [0.2, 0.25) is 4.47 Å². The maximum absolute atomic E-state index is 5.84. The van der Waals surface area contributed by atoms with Crippen LogP contribution in [0.1, 0.15) is 37.5 Å². The Morgan fingerprint density at radius 1 is 1.56 bits per heavy atom. The summed E-state index contributed by atoms with van der Waals surface area (Å²) in [5.74, 6) is 0.881. The van der Waals surface area contributed by atoms with Gasteiger partial charge in [0.25, 0.3) is 0 Å². The molecule has 0 bridgehead atoms. The molecule has 90 valence electrons. The fraction of sp³-hybridized carbons (Fsp3) is 0.750. The van der Waals surface area contributed by atoms with Gasteiger partial charge >= 0.3 is 0 Å². The molecule has 2 rings (SSSR count). The average Bonchev–Trinajstić information content (AvgIpc) is 2.64. The first-order valence-electron chi connectivity index (χ1n) is 5.95. The number of rotatable bonds is 3. The van der Waals surface area contributed by atoms with E-state index < -0.39 is 0 Å². The van der Waals surface area contributed by atoms with Crippen molar-refractivity contribution < 1.29 is 0 Å². The number of hydrogen-bond acceptors (Lipinski definition) is 3. The molecule has 0 saturated heterocycles. The summed E-state index contributed by atoms with van der Waals surface area (Å²) in [6.45, 7) is 3.35. The van der Waals surface area contributed by atoms with E-state index in [4.69, 9.17) is 11.6 Å². The van der Waals surface area contributed by atoms with Crippen molar-refractivity contribution in [2.45, 2.75) is 45.2 Å². The van der Waals surface area contributed by atoms with Crippen molar-refractivity contribution in [2.24, 2.45) is 5.92 Å². The highest BCUT2D eigenvalue weighted by Gasteiger charge is 2.22. The van der Waals surface area contributed by atoms with Crippen molar-refractivity contribution in [1.29, 1.82) is 0 Å². The Kier molecular flexibility index (Phi) is 4.22. The number of thiazole rings is 1. The highest BCUT2D eigenvalue weighted by molar-refractivity contribution is 7.15. The van der Waals surface area contributed by atoms with Gasteiger partial charge in [-0.25, -0.2) is 4.98 Å². The second kappa shape index (κ2) is 5.48. The Morgan fingerprint density at radius 3 is 3.00 bits per heavy atom. The molecule has 2 unspecified atom stereocenters. The zero-order valence-corrected chi connectivity index (χ0v) is 11.5. The summed E-state index contributed by atoms with van der Waals surface area (Å²) in [7, 11) is 2.22. The van der Waals surface area contributed by atoms with Crippen molar-refractivity contribution in [1.82, 2.24) is 9.88 Å². The molecule has 4 heteroatoms. The number of halogens is 1. The third-order valence-electron chi connectivity index (χ3n) is 3.46. The fourth-order valence-electron chi connectivity index (χ4n) is 2.53. The van der Waals surface area contributed by atoms with Crippen LogP contribution in [-0.2, 0) is 6.54 Å². The number of hydrogen-bond donors (Lipinski definition) is 0. The molecule has 1 saturated carbocycles. The van der Waals surface area contributed by atoms with Crippen LogP contribution in [0.3, 0.4) is 0 Å². The predicted octanol–water partition coefficient (Wildman–Crippen LogP) is 3.81. The SMILES string of the molecule is CC1CCCC(N(C)Cc2cnc(Cl)s2)C1. The third kappa shape index (κ3) is 3.19. The van der Waals surface area contributed by atoms with Gasteiger partial charge in [0, 0.05) is 23.7 Å². The van der Waals surface area contributed by atoms with E-state index in [0.29, 0.717) is 4.47 Å². The van der Waals surface area contributed by atoms with Crippen LogP contribution in [0.5, 0.6) is 0 Å². The van der Waals surface area contributed by atoms with Crippen LogP contribution in [0.4, 0.5) is 0 Å². The standard InChI is InChI=1S/C12H19ClN2S/c1-9-4-3-5-10(6-9)15(2)8-11-7-14-12(13)16-11/h7,9-10H,3-6,8H2,1-2H3. The number of aromatic nitrogens is 1. The van der Waals surface area contributed by atoms with Crippen LogP contribution >= 0.6 is 22.9 Å². The van der Waals surface area contributed by atoms with E-state index in [-0.39, 0.29) is 0 Å². The monoisotopic (exact) mass is 258 g/mol. The van der Waals surface area contributed by atoms with E-state index >= 15 is 0 Å². The minimum absolute atomic E-state index is 0.653. The lowest BCUT2D eigenvalue weighted by molar-refractivity contribution is 0.159. The molecule has 0 spiro atoms. The Labute approximate surface area is 107 Å². The summed E-state index contributed by atoms with van der Waals surface area (Å²) < 4.78 is 0.653. The Balaban J connectivity index is 1.89. The predicted molar refractivity (Wildman–Crippen MR) is 70.0 cm³/mol. The lowest BCUT2D eigenvalue weighted by Crippen LogP contribution is -2.34. The topological polar surface area (TPSA) is 16.1 Å². The first-order chi connectivity index (χ1) is 7.65. The van der Waals surface area contributed by atoms with Crippen molar-refractivity contribution in [3.05, 3.63) is 15.5 Å². The minimum atomic E-state index is 0.653. The van der Waals surface area contributed by atoms with Gasteiger partial charge in [-0.2, -0.15) is 0 Å². The van der Waals surface area contributed by atoms with E-state index in [1.807, 2.05) is 6.20 Å². The summed E-state index contributed by atoms with van der Waals surface area (Å²) in [6, 6.07) is 0.740. The zero-order chi connectivity index (χ0) is 11.5. The normalized spacial score (nSPS) is 26.2. The van der Waals surface area contributed by atoms with Crippen LogP contribution in [0, 0.1) is 5.92 Å². The van der Waals surface area contributed by atoms with E-state index in [9.17, 15) is 0 Å². The Bertz CT molecular complexity index is 340. The second-order valence-corrected chi connectivity index (χ2v) is 6.62. The first-order valence-corrected chi connectivity index (χ1v) is 7.15. The van der Waals surface area contributed by atoms with Gasteiger partial charge in [-0.3, -0.25) is 4.90 Å². The number of nitrogens with zero attached hydrogens (tertiary/aromatic N) is 2. The molecule has 2 nitrogen and oxygen atoms in total. The maximum atomic E-state index is 5.84. The average molecular weight is 259 g/mol. The summed E-state index contributed by atoms with van der Waals surface area (Å²) in [5.41, 5.74) is 0. The molecule has 0 aromatic carbocycles. The summed E-state index contributed by atoms with van der Waals surface area (Å²) >= 11 is 7.44. The molecule has 1 aromatic rings. The van der Waals surface area contributed by atoms with E-state index in [0.717, 1.165) is 18.5 Å². The Hall–Kier alpha value is -0.120. The minimum Gasteiger partial charge on any atom is -0.298 e. The van der Waals surface area contributed by atoms with Crippen LogP contribution < -0.4 is 0 Å². The summed E-state index contributed by atoms with van der Waals surface area (Å²) in [4.78, 5) is 7.81. The van der Waals surface area contributed by atoms with Gasteiger partial charge in [-0.15, -0.1) is 11.3 Å². The van der Waals surface area contributed by atoms with E-state index in [2.05, 4.69) is 23.9 Å². The van der Waals surface area contributed by atoms with Gasteiger partial charge in [0.1, 0.15) is 0 Å². The zero-order valence-electron chi connectivity index (χ0n) is 9.95. The molecular formula is C12H19ClN2S. The molecule has 1 heterocycles. The molecule has 0 N–H and O–H groups in total. The smallest absolute Gasteiger partial charge is 0.183 e. The lowest BCUT2D eigenvalue weighted by atomic mass is 9.86. The molecular weight excluding hydrogens is 240 g/mol. The molecule has 0 aliphatic heterocycles. The van der Waals surface area contributed by atoms with Gasteiger partial charge < -0.3 is 0 Å². The quantitative estimate of drug-likeness (QED) is 0.820. The lowest BCUT2D eigenvalue weighted by Gasteiger charge is -2.33. The van der Waals surface area contributed by atoms with Crippen LogP contribution in [0.15, 0.2) is 6.20 Å². The molecule has 2 atom stereocenters. The van der Waals surface area contributed by atoms with Crippen molar-refractivity contribution in [3.8, 4) is 0 Å². The van der Waals surface area contributed by atoms with Gasteiger partial charge in [-0.05, 0) is 25.8 Å². The summed E-state index contributed by atoms with van der Waals surface area (Å²) in [5, 5.41) is 0. The Morgan fingerprint density at radius 2 is 2.38 bits per heavy atom. The molecule has 0 amide bonds. The third-order valence-corrected chi connectivity index (χ3v) is 4.56. The molecule has 16 heavy (non-hydrogen) atoms. The van der Waals surface area contributed by atoms with Crippen molar-refractivity contribution >= 4 is 22.9 Å². The molecule has 1 aromatic heterocycles. The van der Waals surface area contributed by atoms with Crippen molar-refractivity contribution in [2.75, 3.05) is 7.05 Å². The maximum Gasteiger partial charge on any atom is 0.183 e. The fourth-order valence-corrected chi connectivity index (χ4v) is 3.58. The van der Waals surface area contributed by atoms with Crippen LogP contribution in [0.25, 0.3) is 0 Å². The van der Waals surface area contributed by atoms with E-state index in [1.165, 1.54) is 30.6 Å². The van der Waals surface area contributed by atoms with E-state index in [1.54, 1.807) is 11.3 Å².